The lowest BCUT2D eigenvalue weighted by molar-refractivity contribution is -0.118. The highest BCUT2D eigenvalue weighted by atomic mass is 32.1. The maximum atomic E-state index is 12.3. The van der Waals surface area contributed by atoms with E-state index in [-0.39, 0.29) is 12.5 Å². The smallest absolute Gasteiger partial charge is 0.262 e. The molecule has 3 N–H and O–H groups in total. The molecule has 0 bridgehead atoms. The van der Waals surface area contributed by atoms with Gasteiger partial charge in [-0.05, 0) is 60.9 Å². The molecule has 1 aliphatic rings. The molecule has 0 radical (unpaired) electrons. The van der Waals surface area contributed by atoms with Crippen LogP contribution in [0.2, 0.25) is 0 Å². The number of carbonyl (C=O) groups excluding carboxylic acids is 2. The van der Waals surface area contributed by atoms with Crippen molar-refractivity contribution in [3.8, 4) is 5.75 Å². The second-order valence-electron chi connectivity index (χ2n) is 6.94. The zero-order valence-electron chi connectivity index (χ0n) is 15.3. The maximum absolute atomic E-state index is 12.3. The topological polar surface area (TPSA) is 81.4 Å². The standard InChI is InChI=1S/C20H24N2O3S/c1-11(2)14-8-7-13(9-12(14)3)25-10-17(23)22-20-18(19(21)24)15-5-4-6-16(15)26-20/h7-9,11H,4-6,10H2,1-3H3,(H2,21,24)(H,22,23). The summed E-state index contributed by atoms with van der Waals surface area (Å²) in [6.07, 6.45) is 2.82. The van der Waals surface area contributed by atoms with E-state index in [0.717, 1.165) is 35.3 Å². The van der Waals surface area contributed by atoms with Crippen LogP contribution in [0, 0.1) is 6.92 Å². The molecule has 0 atom stereocenters. The van der Waals surface area contributed by atoms with E-state index in [1.807, 2.05) is 25.1 Å². The first kappa shape index (κ1) is 18.5. The first-order valence-electron chi connectivity index (χ1n) is 8.84. The van der Waals surface area contributed by atoms with Crippen molar-refractivity contribution in [2.75, 3.05) is 11.9 Å². The van der Waals surface area contributed by atoms with E-state index in [4.69, 9.17) is 10.5 Å². The summed E-state index contributed by atoms with van der Waals surface area (Å²) in [5.41, 5.74) is 9.38. The van der Waals surface area contributed by atoms with Gasteiger partial charge in [-0.25, -0.2) is 0 Å². The van der Waals surface area contributed by atoms with Gasteiger partial charge in [0, 0.05) is 4.88 Å². The first-order chi connectivity index (χ1) is 12.4. The summed E-state index contributed by atoms with van der Waals surface area (Å²) in [5.74, 6) is 0.324. The van der Waals surface area contributed by atoms with Gasteiger partial charge in [-0.3, -0.25) is 9.59 Å². The number of hydrogen-bond donors (Lipinski definition) is 2. The fourth-order valence-corrected chi connectivity index (χ4v) is 4.76. The van der Waals surface area contributed by atoms with Crippen molar-refractivity contribution >= 4 is 28.2 Å². The first-order valence-corrected chi connectivity index (χ1v) is 9.66. The van der Waals surface area contributed by atoms with Crippen LogP contribution in [0.5, 0.6) is 5.75 Å². The molecular weight excluding hydrogens is 348 g/mol. The Labute approximate surface area is 157 Å². The van der Waals surface area contributed by atoms with Gasteiger partial charge in [0.05, 0.1) is 5.56 Å². The summed E-state index contributed by atoms with van der Waals surface area (Å²) in [7, 11) is 0. The van der Waals surface area contributed by atoms with Gasteiger partial charge in [0.2, 0.25) is 0 Å². The molecule has 0 spiro atoms. The van der Waals surface area contributed by atoms with E-state index in [0.29, 0.717) is 22.2 Å². The molecule has 0 unspecified atom stereocenters. The predicted octanol–water partition coefficient (Wildman–Crippen LogP) is 3.79. The number of fused-ring (bicyclic) bond motifs is 1. The Morgan fingerprint density at radius 2 is 2.08 bits per heavy atom. The SMILES string of the molecule is Cc1cc(OCC(=O)Nc2sc3c(c2C(N)=O)CCC3)ccc1C(C)C. The molecule has 2 aromatic rings. The van der Waals surface area contributed by atoms with Gasteiger partial charge in [-0.15, -0.1) is 11.3 Å². The number of aryl methyl sites for hydroxylation is 2. The third kappa shape index (κ3) is 3.75. The Morgan fingerprint density at radius 3 is 2.73 bits per heavy atom. The van der Waals surface area contributed by atoms with Crippen molar-refractivity contribution in [1.29, 1.82) is 0 Å². The number of amides is 2. The van der Waals surface area contributed by atoms with Gasteiger partial charge in [0.25, 0.3) is 11.8 Å². The third-order valence-corrected chi connectivity index (χ3v) is 5.86. The molecule has 2 amide bonds. The Bertz CT molecular complexity index is 855. The lowest BCUT2D eigenvalue weighted by Gasteiger charge is -2.12. The van der Waals surface area contributed by atoms with Gasteiger partial charge >= 0.3 is 0 Å². The van der Waals surface area contributed by atoms with Crippen LogP contribution in [-0.2, 0) is 17.6 Å². The van der Waals surface area contributed by atoms with Crippen molar-refractivity contribution in [1.82, 2.24) is 0 Å². The molecule has 0 saturated carbocycles. The van der Waals surface area contributed by atoms with Gasteiger partial charge < -0.3 is 15.8 Å². The normalized spacial score (nSPS) is 12.9. The second kappa shape index (κ2) is 7.50. The largest absolute Gasteiger partial charge is 0.484 e. The molecule has 1 aromatic carbocycles. The Balaban J connectivity index is 1.65. The van der Waals surface area contributed by atoms with Crippen molar-refractivity contribution in [3.05, 3.63) is 45.3 Å². The Kier molecular flexibility index (Phi) is 5.32. The molecular formula is C20H24N2O3S. The molecule has 0 fully saturated rings. The highest BCUT2D eigenvalue weighted by Gasteiger charge is 2.26. The van der Waals surface area contributed by atoms with Crippen molar-refractivity contribution in [2.24, 2.45) is 5.73 Å². The van der Waals surface area contributed by atoms with Crippen LogP contribution >= 0.6 is 11.3 Å². The molecule has 1 aliphatic carbocycles. The summed E-state index contributed by atoms with van der Waals surface area (Å²) < 4.78 is 5.61. The Hall–Kier alpha value is -2.34. The van der Waals surface area contributed by atoms with Crippen molar-refractivity contribution < 1.29 is 14.3 Å². The minimum atomic E-state index is -0.486. The number of nitrogens with one attached hydrogen (secondary N) is 1. The maximum Gasteiger partial charge on any atom is 0.262 e. The minimum absolute atomic E-state index is 0.110. The zero-order chi connectivity index (χ0) is 18.8. The van der Waals surface area contributed by atoms with E-state index >= 15 is 0 Å². The fraction of sp³-hybridized carbons (Fsp3) is 0.400. The summed E-state index contributed by atoms with van der Waals surface area (Å²) in [6, 6.07) is 5.85. The summed E-state index contributed by atoms with van der Waals surface area (Å²) in [4.78, 5) is 25.2. The van der Waals surface area contributed by atoms with E-state index in [1.54, 1.807) is 0 Å². The minimum Gasteiger partial charge on any atom is -0.484 e. The van der Waals surface area contributed by atoms with Gasteiger partial charge in [0.1, 0.15) is 10.8 Å². The number of carbonyl (C=O) groups is 2. The summed E-state index contributed by atoms with van der Waals surface area (Å²) in [5, 5.41) is 3.33. The summed E-state index contributed by atoms with van der Waals surface area (Å²) >= 11 is 1.45. The van der Waals surface area contributed by atoms with Crippen LogP contribution in [0.15, 0.2) is 18.2 Å². The van der Waals surface area contributed by atoms with E-state index < -0.39 is 5.91 Å². The number of thiophene rings is 1. The van der Waals surface area contributed by atoms with E-state index in [2.05, 4.69) is 19.2 Å². The number of benzene rings is 1. The zero-order valence-corrected chi connectivity index (χ0v) is 16.2. The molecule has 5 nitrogen and oxygen atoms in total. The van der Waals surface area contributed by atoms with Crippen LogP contribution in [-0.4, -0.2) is 18.4 Å². The van der Waals surface area contributed by atoms with E-state index in [1.165, 1.54) is 16.9 Å². The number of primary amides is 1. The fourth-order valence-electron chi connectivity index (χ4n) is 3.45. The quantitative estimate of drug-likeness (QED) is 0.809. The lowest BCUT2D eigenvalue weighted by atomic mass is 9.98. The third-order valence-electron chi connectivity index (χ3n) is 4.65. The monoisotopic (exact) mass is 372 g/mol. The molecule has 3 rings (SSSR count). The van der Waals surface area contributed by atoms with Gasteiger partial charge in [-0.1, -0.05) is 19.9 Å². The molecule has 0 aliphatic heterocycles. The van der Waals surface area contributed by atoms with Crippen molar-refractivity contribution in [2.45, 2.75) is 46.0 Å². The predicted molar refractivity (Wildman–Crippen MR) is 104 cm³/mol. The highest BCUT2D eigenvalue weighted by Crippen LogP contribution is 2.38. The van der Waals surface area contributed by atoms with Crippen LogP contribution in [0.4, 0.5) is 5.00 Å². The number of nitrogens with two attached hydrogens (primary N) is 1. The molecule has 26 heavy (non-hydrogen) atoms. The molecule has 1 aromatic heterocycles. The average molecular weight is 372 g/mol. The number of ether oxygens (including phenoxy) is 1. The second-order valence-corrected chi connectivity index (χ2v) is 8.04. The highest BCUT2D eigenvalue weighted by molar-refractivity contribution is 7.17. The molecule has 1 heterocycles. The van der Waals surface area contributed by atoms with Crippen LogP contribution < -0.4 is 15.8 Å². The van der Waals surface area contributed by atoms with Gasteiger partial charge in [-0.2, -0.15) is 0 Å². The van der Waals surface area contributed by atoms with Gasteiger partial charge in [0.15, 0.2) is 6.61 Å². The lowest BCUT2D eigenvalue weighted by Crippen LogP contribution is -2.22. The molecule has 0 saturated heterocycles. The van der Waals surface area contributed by atoms with Crippen LogP contribution in [0.25, 0.3) is 0 Å². The van der Waals surface area contributed by atoms with Crippen LogP contribution in [0.1, 0.15) is 58.1 Å². The molecule has 138 valence electrons. The number of hydrogen-bond acceptors (Lipinski definition) is 4. The molecule has 6 heteroatoms. The van der Waals surface area contributed by atoms with Crippen molar-refractivity contribution in [3.63, 3.8) is 0 Å². The summed E-state index contributed by atoms with van der Waals surface area (Å²) in [6.45, 7) is 6.21. The Morgan fingerprint density at radius 1 is 1.31 bits per heavy atom. The number of anilines is 1. The van der Waals surface area contributed by atoms with Crippen LogP contribution in [0.3, 0.4) is 0 Å². The number of rotatable bonds is 6. The average Bonchev–Trinajstić information content (AvgIpc) is 3.12. The van der Waals surface area contributed by atoms with E-state index in [9.17, 15) is 9.59 Å².